The number of imidazole rings is 1. The van der Waals surface area contributed by atoms with Crippen molar-refractivity contribution >= 4 is 5.82 Å². The fraction of sp³-hybridized carbons (Fsp3) is 0.632. The zero-order chi connectivity index (χ0) is 18.9. The van der Waals surface area contributed by atoms with Crippen molar-refractivity contribution in [2.24, 2.45) is 0 Å². The average molecular weight is 358 g/mol. The number of anilines is 1. The molecule has 0 amide bonds. The van der Waals surface area contributed by atoms with Gasteiger partial charge in [0.15, 0.2) is 5.82 Å². The second-order valence-corrected chi connectivity index (χ2v) is 8.01. The molecule has 0 fully saturated rings. The number of nitrogens with zero attached hydrogens (tertiary/aromatic N) is 5. The fourth-order valence-electron chi connectivity index (χ4n) is 3.49. The average Bonchev–Trinajstić information content (AvgIpc) is 3.20. The molecular weight excluding hydrogens is 328 g/mol. The van der Waals surface area contributed by atoms with Crippen LogP contribution in [-0.4, -0.2) is 50.0 Å². The summed E-state index contributed by atoms with van der Waals surface area (Å²) in [6.45, 7) is 9.51. The maximum atomic E-state index is 10.4. The molecule has 0 aliphatic heterocycles. The van der Waals surface area contributed by atoms with Gasteiger partial charge in [-0.05, 0) is 47.0 Å². The minimum atomic E-state index is -0.628. The molecular formula is C19H30N6O. The Labute approximate surface area is 155 Å². The van der Waals surface area contributed by atoms with Gasteiger partial charge in [-0.3, -0.25) is 5.32 Å². The molecule has 0 saturated carbocycles. The molecule has 7 heteroatoms. The van der Waals surface area contributed by atoms with E-state index in [0.29, 0.717) is 12.4 Å². The first kappa shape index (κ1) is 18.8. The minimum absolute atomic E-state index is 0.146. The van der Waals surface area contributed by atoms with Crippen LogP contribution >= 0.6 is 0 Å². The topological polar surface area (TPSA) is 79.1 Å². The Morgan fingerprint density at radius 3 is 2.77 bits per heavy atom. The first-order chi connectivity index (χ1) is 12.3. The minimum Gasteiger partial charge on any atom is -0.377 e. The Bertz CT molecular complexity index is 764. The zero-order valence-electron chi connectivity index (χ0n) is 16.5. The van der Waals surface area contributed by atoms with Gasteiger partial charge >= 0.3 is 0 Å². The summed E-state index contributed by atoms with van der Waals surface area (Å²) >= 11 is 0. The molecule has 0 spiro atoms. The molecule has 2 aromatic heterocycles. The number of likely N-dealkylation sites (N-methyl/N-ethyl adjacent to an activating group) is 1. The van der Waals surface area contributed by atoms with E-state index in [2.05, 4.69) is 21.8 Å². The molecule has 2 N–H and O–H groups in total. The fourth-order valence-corrected chi connectivity index (χ4v) is 3.49. The van der Waals surface area contributed by atoms with Crippen LogP contribution in [0.3, 0.4) is 0 Å². The molecule has 0 aromatic carbocycles. The molecule has 1 atom stereocenters. The number of fused-ring (bicyclic) bond motifs is 1. The van der Waals surface area contributed by atoms with Crippen LogP contribution in [0, 0.1) is 0 Å². The standard InChI is InChI=1S/C19H30N6O/c1-6-25-12-20-10-15(25)17-21-14-9-7-8-13(14)18(22-17)24(5)11-16(26)23-19(2,3)4/h10,12,16,23,26H,6-9,11H2,1-5H3. The molecule has 1 aliphatic carbocycles. The first-order valence-electron chi connectivity index (χ1n) is 9.35. The molecule has 1 unspecified atom stereocenters. The van der Waals surface area contributed by atoms with Crippen LogP contribution < -0.4 is 10.2 Å². The van der Waals surface area contributed by atoms with E-state index in [-0.39, 0.29) is 5.54 Å². The van der Waals surface area contributed by atoms with Crippen LogP contribution in [0.25, 0.3) is 11.5 Å². The number of aryl methyl sites for hydroxylation is 2. The highest BCUT2D eigenvalue weighted by Gasteiger charge is 2.24. The van der Waals surface area contributed by atoms with Gasteiger partial charge in [0.05, 0.1) is 19.1 Å². The second kappa shape index (κ2) is 7.32. The maximum absolute atomic E-state index is 10.4. The summed E-state index contributed by atoms with van der Waals surface area (Å²) in [6, 6.07) is 0. The van der Waals surface area contributed by atoms with E-state index < -0.39 is 6.23 Å². The molecule has 1 aliphatic rings. The van der Waals surface area contributed by atoms with Gasteiger partial charge in [0.1, 0.15) is 17.7 Å². The van der Waals surface area contributed by atoms with Gasteiger partial charge in [0.2, 0.25) is 0 Å². The highest BCUT2D eigenvalue weighted by atomic mass is 16.3. The predicted octanol–water partition coefficient (Wildman–Crippen LogP) is 1.99. The van der Waals surface area contributed by atoms with Crippen LogP contribution in [0.2, 0.25) is 0 Å². The van der Waals surface area contributed by atoms with Crippen molar-refractivity contribution in [1.82, 2.24) is 24.8 Å². The van der Waals surface area contributed by atoms with E-state index in [4.69, 9.17) is 9.97 Å². The Morgan fingerprint density at radius 1 is 1.31 bits per heavy atom. The van der Waals surface area contributed by atoms with Gasteiger partial charge in [0.25, 0.3) is 0 Å². The lowest BCUT2D eigenvalue weighted by molar-refractivity contribution is 0.112. The monoisotopic (exact) mass is 358 g/mol. The molecule has 142 valence electrons. The molecule has 3 rings (SSSR count). The molecule has 7 nitrogen and oxygen atoms in total. The van der Waals surface area contributed by atoms with Crippen LogP contribution in [0.4, 0.5) is 5.82 Å². The van der Waals surface area contributed by atoms with Gasteiger partial charge in [-0.1, -0.05) is 0 Å². The zero-order valence-corrected chi connectivity index (χ0v) is 16.5. The van der Waals surface area contributed by atoms with Crippen molar-refractivity contribution in [3.63, 3.8) is 0 Å². The summed E-state index contributed by atoms with van der Waals surface area (Å²) in [5.74, 6) is 1.63. The summed E-state index contributed by atoms with van der Waals surface area (Å²) in [6.07, 6.45) is 6.08. The normalized spacial score (nSPS) is 15.2. The Balaban J connectivity index is 1.91. The van der Waals surface area contributed by atoms with E-state index >= 15 is 0 Å². The summed E-state index contributed by atoms with van der Waals surface area (Å²) in [5, 5.41) is 13.6. The highest BCUT2D eigenvalue weighted by Crippen LogP contribution is 2.31. The third kappa shape index (κ3) is 4.04. The van der Waals surface area contributed by atoms with Crippen molar-refractivity contribution in [3.05, 3.63) is 23.8 Å². The van der Waals surface area contributed by atoms with Crippen molar-refractivity contribution in [1.29, 1.82) is 0 Å². The summed E-state index contributed by atoms with van der Waals surface area (Å²) in [7, 11) is 1.98. The molecule has 0 bridgehead atoms. The molecule has 0 radical (unpaired) electrons. The molecule has 2 aromatic rings. The van der Waals surface area contributed by atoms with Gasteiger partial charge < -0.3 is 14.6 Å². The summed E-state index contributed by atoms with van der Waals surface area (Å²) in [5.41, 5.74) is 3.12. The van der Waals surface area contributed by atoms with Gasteiger partial charge in [-0.25, -0.2) is 15.0 Å². The van der Waals surface area contributed by atoms with E-state index in [9.17, 15) is 5.11 Å². The molecule has 26 heavy (non-hydrogen) atoms. The van der Waals surface area contributed by atoms with E-state index in [1.165, 1.54) is 5.56 Å². The summed E-state index contributed by atoms with van der Waals surface area (Å²) < 4.78 is 2.05. The lowest BCUT2D eigenvalue weighted by atomic mass is 10.1. The Kier molecular flexibility index (Phi) is 5.29. The smallest absolute Gasteiger partial charge is 0.180 e. The lowest BCUT2D eigenvalue weighted by Crippen LogP contribution is -2.48. The predicted molar refractivity (Wildman–Crippen MR) is 103 cm³/mol. The number of rotatable bonds is 6. The van der Waals surface area contributed by atoms with E-state index in [1.54, 1.807) is 0 Å². The van der Waals surface area contributed by atoms with Gasteiger partial charge in [-0.2, -0.15) is 0 Å². The third-order valence-corrected chi connectivity index (χ3v) is 4.60. The number of aliphatic hydroxyl groups excluding tert-OH is 1. The van der Waals surface area contributed by atoms with Gasteiger partial charge in [-0.15, -0.1) is 0 Å². The second-order valence-electron chi connectivity index (χ2n) is 8.01. The first-order valence-corrected chi connectivity index (χ1v) is 9.35. The van der Waals surface area contributed by atoms with Gasteiger partial charge in [0, 0.05) is 30.4 Å². The number of aromatic nitrogens is 4. The van der Waals surface area contributed by atoms with Crippen molar-refractivity contribution < 1.29 is 5.11 Å². The largest absolute Gasteiger partial charge is 0.377 e. The van der Waals surface area contributed by atoms with Crippen molar-refractivity contribution in [3.8, 4) is 11.5 Å². The number of aliphatic hydroxyl groups is 1. The summed E-state index contributed by atoms with van der Waals surface area (Å²) in [4.78, 5) is 15.9. The van der Waals surface area contributed by atoms with Crippen LogP contribution in [0.1, 0.15) is 45.4 Å². The van der Waals surface area contributed by atoms with E-state index in [0.717, 1.165) is 43.0 Å². The maximum Gasteiger partial charge on any atom is 0.180 e. The van der Waals surface area contributed by atoms with Crippen molar-refractivity contribution in [2.75, 3.05) is 18.5 Å². The molecule has 0 saturated heterocycles. The SMILES string of the molecule is CCn1cncc1-c1nc2c(c(N(C)CC(O)NC(C)(C)C)n1)CCC2. The van der Waals surface area contributed by atoms with E-state index in [1.807, 2.05) is 45.2 Å². The third-order valence-electron chi connectivity index (χ3n) is 4.60. The number of nitrogens with one attached hydrogen (secondary N) is 1. The molecule has 2 heterocycles. The lowest BCUT2D eigenvalue weighted by Gasteiger charge is -2.29. The Hall–Kier alpha value is -1.99. The van der Waals surface area contributed by atoms with Crippen molar-refractivity contribution in [2.45, 2.75) is 65.3 Å². The number of hydrogen-bond donors (Lipinski definition) is 2. The Morgan fingerprint density at radius 2 is 2.08 bits per heavy atom. The van der Waals surface area contributed by atoms with Crippen LogP contribution in [0.5, 0.6) is 0 Å². The quantitative estimate of drug-likeness (QED) is 0.769. The van der Waals surface area contributed by atoms with Crippen LogP contribution in [-0.2, 0) is 19.4 Å². The highest BCUT2D eigenvalue weighted by molar-refractivity contribution is 5.58. The van der Waals surface area contributed by atoms with Crippen LogP contribution in [0.15, 0.2) is 12.5 Å². The number of hydrogen-bond acceptors (Lipinski definition) is 6.